The van der Waals surface area contributed by atoms with Gasteiger partial charge in [0.1, 0.15) is 5.82 Å². The van der Waals surface area contributed by atoms with Gasteiger partial charge in [-0.3, -0.25) is 0 Å². The van der Waals surface area contributed by atoms with Gasteiger partial charge < -0.3 is 10.7 Å². The molecule has 3 rings (SSSR count). The van der Waals surface area contributed by atoms with Crippen molar-refractivity contribution in [3.8, 4) is 22.6 Å². The molecule has 0 bridgehead atoms. The van der Waals surface area contributed by atoms with Gasteiger partial charge in [0.15, 0.2) is 0 Å². The molecule has 2 aromatic carbocycles. The monoisotopic (exact) mass is 263 g/mol. The Bertz CT molecular complexity index is 728. The lowest BCUT2D eigenvalue weighted by Crippen LogP contribution is -1.96. The summed E-state index contributed by atoms with van der Waals surface area (Å²) < 4.78 is 0. The van der Waals surface area contributed by atoms with Gasteiger partial charge in [0, 0.05) is 17.7 Å². The van der Waals surface area contributed by atoms with Crippen LogP contribution in [-0.2, 0) is 6.54 Å². The predicted octanol–water partition coefficient (Wildman–Crippen LogP) is 3.51. The maximum Gasteiger partial charge on any atom is 0.137 e. The number of H-pyrrole nitrogens is 1. The van der Waals surface area contributed by atoms with Gasteiger partial charge in [-0.15, -0.1) is 0 Å². The maximum atomic E-state index is 5.68. The topological polar surface area (TPSA) is 54.7 Å². The Morgan fingerprint density at radius 2 is 1.95 bits per heavy atom. The van der Waals surface area contributed by atoms with Crippen LogP contribution in [0.25, 0.3) is 22.6 Å². The summed E-state index contributed by atoms with van der Waals surface area (Å²) in [5, 5.41) is 0. The molecule has 0 spiro atoms. The molecule has 0 aliphatic rings. The lowest BCUT2D eigenvalue weighted by Gasteiger charge is -2.03. The van der Waals surface area contributed by atoms with Gasteiger partial charge in [-0.2, -0.15) is 0 Å². The van der Waals surface area contributed by atoms with Gasteiger partial charge in [-0.05, 0) is 24.1 Å². The van der Waals surface area contributed by atoms with Gasteiger partial charge in [0.25, 0.3) is 0 Å². The second-order valence-electron chi connectivity index (χ2n) is 4.86. The molecule has 0 aliphatic carbocycles. The van der Waals surface area contributed by atoms with E-state index in [0.717, 1.165) is 22.6 Å². The second-order valence-corrected chi connectivity index (χ2v) is 4.86. The van der Waals surface area contributed by atoms with Crippen molar-refractivity contribution in [3.05, 3.63) is 65.9 Å². The summed E-state index contributed by atoms with van der Waals surface area (Å²) in [7, 11) is 0. The molecular weight excluding hydrogens is 246 g/mol. The lowest BCUT2D eigenvalue weighted by molar-refractivity contribution is 1.07. The third kappa shape index (κ3) is 2.36. The molecule has 3 heteroatoms. The number of nitrogens with zero attached hydrogens (tertiary/aromatic N) is 1. The van der Waals surface area contributed by atoms with Gasteiger partial charge in [0.2, 0.25) is 0 Å². The maximum absolute atomic E-state index is 5.68. The minimum Gasteiger partial charge on any atom is -0.338 e. The molecule has 1 aromatic heterocycles. The van der Waals surface area contributed by atoms with Gasteiger partial charge in [-0.1, -0.05) is 42.5 Å². The first-order chi connectivity index (χ1) is 9.78. The van der Waals surface area contributed by atoms with E-state index >= 15 is 0 Å². The molecule has 0 saturated heterocycles. The summed E-state index contributed by atoms with van der Waals surface area (Å²) in [6.07, 6.45) is 1.88. The highest BCUT2D eigenvalue weighted by Gasteiger charge is 2.07. The first kappa shape index (κ1) is 12.6. The van der Waals surface area contributed by atoms with Crippen molar-refractivity contribution in [2.75, 3.05) is 0 Å². The highest BCUT2D eigenvalue weighted by molar-refractivity contribution is 5.67. The van der Waals surface area contributed by atoms with E-state index in [-0.39, 0.29) is 0 Å². The van der Waals surface area contributed by atoms with Crippen molar-refractivity contribution >= 4 is 0 Å². The zero-order chi connectivity index (χ0) is 13.9. The number of nitrogens with one attached hydrogen (secondary N) is 1. The fraction of sp³-hybridized carbons (Fsp3) is 0.118. The second kappa shape index (κ2) is 5.31. The van der Waals surface area contributed by atoms with Crippen molar-refractivity contribution in [1.82, 2.24) is 9.97 Å². The number of aryl methyl sites for hydroxylation is 1. The Morgan fingerprint density at radius 1 is 1.10 bits per heavy atom. The van der Waals surface area contributed by atoms with Gasteiger partial charge in [0.05, 0.1) is 11.9 Å². The molecular formula is C17H17N3. The number of hydrogen-bond donors (Lipinski definition) is 2. The van der Waals surface area contributed by atoms with Crippen LogP contribution in [-0.4, -0.2) is 9.97 Å². The molecule has 3 aromatic rings. The highest BCUT2D eigenvalue weighted by atomic mass is 14.9. The normalized spacial score (nSPS) is 10.7. The Balaban J connectivity index is 2.00. The molecule has 0 fully saturated rings. The van der Waals surface area contributed by atoms with Crippen LogP contribution in [0, 0.1) is 6.92 Å². The molecule has 0 aliphatic heterocycles. The molecule has 20 heavy (non-hydrogen) atoms. The SMILES string of the molecule is Cc1ccccc1-c1cnc(-c2cccc(CN)c2)[nH]1. The minimum absolute atomic E-state index is 0.541. The van der Waals surface area contributed by atoms with E-state index in [1.54, 1.807) is 0 Å². The van der Waals surface area contributed by atoms with E-state index in [1.807, 2.05) is 36.5 Å². The average molecular weight is 263 g/mol. The number of benzene rings is 2. The summed E-state index contributed by atoms with van der Waals surface area (Å²) >= 11 is 0. The Labute approximate surface area is 118 Å². The highest BCUT2D eigenvalue weighted by Crippen LogP contribution is 2.24. The fourth-order valence-corrected chi connectivity index (χ4v) is 2.33. The third-order valence-electron chi connectivity index (χ3n) is 3.45. The van der Waals surface area contributed by atoms with Crippen LogP contribution in [0.3, 0.4) is 0 Å². The van der Waals surface area contributed by atoms with E-state index in [4.69, 9.17) is 5.73 Å². The number of aromatic amines is 1. The van der Waals surface area contributed by atoms with E-state index in [0.29, 0.717) is 6.54 Å². The Morgan fingerprint density at radius 3 is 2.75 bits per heavy atom. The largest absolute Gasteiger partial charge is 0.338 e. The number of nitrogens with two attached hydrogens (primary N) is 1. The molecule has 3 N–H and O–H groups in total. The quantitative estimate of drug-likeness (QED) is 0.759. The first-order valence-corrected chi connectivity index (χ1v) is 6.68. The van der Waals surface area contributed by atoms with Gasteiger partial charge >= 0.3 is 0 Å². The third-order valence-corrected chi connectivity index (χ3v) is 3.45. The van der Waals surface area contributed by atoms with Crippen molar-refractivity contribution in [2.24, 2.45) is 5.73 Å². The molecule has 100 valence electrons. The average Bonchev–Trinajstić information content (AvgIpc) is 2.97. The fourth-order valence-electron chi connectivity index (χ4n) is 2.33. The van der Waals surface area contributed by atoms with Crippen LogP contribution in [0.15, 0.2) is 54.7 Å². The minimum atomic E-state index is 0.541. The van der Waals surface area contributed by atoms with E-state index in [2.05, 4.69) is 35.1 Å². The molecule has 0 radical (unpaired) electrons. The predicted molar refractivity (Wildman–Crippen MR) is 82.1 cm³/mol. The van der Waals surface area contributed by atoms with Crippen LogP contribution < -0.4 is 5.73 Å². The van der Waals surface area contributed by atoms with Crippen LogP contribution in [0.5, 0.6) is 0 Å². The zero-order valence-corrected chi connectivity index (χ0v) is 11.4. The number of hydrogen-bond acceptors (Lipinski definition) is 2. The summed E-state index contributed by atoms with van der Waals surface area (Å²) in [5.74, 6) is 0.874. The van der Waals surface area contributed by atoms with Crippen LogP contribution in [0.1, 0.15) is 11.1 Å². The number of imidazole rings is 1. The summed E-state index contributed by atoms with van der Waals surface area (Å²) in [4.78, 5) is 7.87. The Hall–Kier alpha value is -2.39. The summed E-state index contributed by atoms with van der Waals surface area (Å²) in [5.41, 5.74) is 11.3. The summed E-state index contributed by atoms with van der Waals surface area (Å²) in [6, 6.07) is 16.4. The molecule has 0 amide bonds. The van der Waals surface area contributed by atoms with Crippen molar-refractivity contribution in [2.45, 2.75) is 13.5 Å². The van der Waals surface area contributed by atoms with Crippen LogP contribution in [0.2, 0.25) is 0 Å². The van der Waals surface area contributed by atoms with E-state index in [9.17, 15) is 0 Å². The van der Waals surface area contributed by atoms with Gasteiger partial charge in [-0.25, -0.2) is 4.98 Å². The number of rotatable bonds is 3. The lowest BCUT2D eigenvalue weighted by atomic mass is 10.1. The molecule has 1 heterocycles. The summed E-state index contributed by atoms with van der Waals surface area (Å²) in [6.45, 7) is 2.64. The van der Waals surface area contributed by atoms with E-state index in [1.165, 1.54) is 11.1 Å². The first-order valence-electron chi connectivity index (χ1n) is 6.68. The molecule has 0 unspecified atom stereocenters. The van der Waals surface area contributed by atoms with Crippen molar-refractivity contribution in [1.29, 1.82) is 0 Å². The molecule has 0 atom stereocenters. The molecule has 3 nitrogen and oxygen atoms in total. The van der Waals surface area contributed by atoms with Crippen molar-refractivity contribution in [3.63, 3.8) is 0 Å². The van der Waals surface area contributed by atoms with Crippen molar-refractivity contribution < 1.29 is 0 Å². The smallest absolute Gasteiger partial charge is 0.137 e. The standard InChI is InChI=1S/C17H17N3/c1-12-5-2-3-8-15(12)16-11-19-17(20-16)14-7-4-6-13(9-14)10-18/h2-9,11H,10,18H2,1H3,(H,19,20). The number of aromatic nitrogens is 2. The van der Waals surface area contributed by atoms with E-state index < -0.39 is 0 Å². The zero-order valence-electron chi connectivity index (χ0n) is 11.4. The van der Waals surface area contributed by atoms with Crippen LogP contribution in [0.4, 0.5) is 0 Å². The van der Waals surface area contributed by atoms with Crippen LogP contribution >= 0.6 is 0 Å². The Kier molecular flexibility index (Phi) is 3.35. The molecule has 0 saturated carbocycles.